The Hall–Kier alpha value is -2.57. The molecule has 2 N–H and O–H groups in total. The van der Waals surface area contributed by atoms with E-state index in [1.54, 1.807) is 0 Å². The first-order chi connectivity index (χ1) is 8.97. The van der Waals surface area contributed by atoms with Crippen LogP contribution in [0.3, 0.4) is 0 Å². The van der Waals surface area contributed by atoms with E-state index in [1.165, 1.54) is 12.3 Å². The molecule has 0 saturated carbocycles. The molecule has 0 saturated heterocycles. The quantitative estimate of drug-likeness (QED) is 0.875. The summed E-state index contributed by atoms with van der Waals surface area (Å²) >= 11 is 0. The van der Waals surface area contributed by atoms with E-state index in [2.05, 4.69) is 4.98 Å². The molecule has 1 aromatic carbocycles. The lowest BCUT2D eigenvalue weighted by Gasteiger charge is -2.07. The number of rotatable bonds is 2. The Morgan fingerprint density at radius 3 is 2.32 bits per heavy atom. The molecule has 4 nitrogen and oxygen atoms in total. The van der Waals surface area contributed by atoms with Gasteiger partial charge in [-0.3, -0.25) is 9.59 Å². The van der Waals surface area contributed by atoms with Gasteiger partial charge < -0.3 is 10.3 Å². The molecule has 98 valence electrons. The standard InChI is InChI=1S/C12H7F3N2O2/c13-7-4-8(14)11(9(15)5-7)17-12(19)6-1-2-16-10(18)3-6/h1-5H,(H,16,18)(H,17,19). The Kier molecular flexibility index (Phi) is 3.37. The Bertz CT molecular complexity index is 674. The third-order valence-electron chi connectivity index (χ3n) is 2.28. The maximum atomic E-state index is 13.3. The summed E-state index contributed by atoms with van der Waals surface area (Å²) in [6.07, 6.45) is 1.22. The number of H-pyrrole nitrogens is 1. The number of pyridine rings is 1. The van der Waals surface area contributed by atoms with Gasteiger partial charge in [0.25, 0.3) is 5.91 Å². The first kappa shape index (κ1) is 12.9. The minimum atomic E-state index is -1.24. The lowest BCUT2D eigenvalue weighted by Crippen LogP contribution is -2.17. The Morgan fingerprint density at radius 2 is 1.74 bits per heavy atom. The maximum Gasteiger partial charge on any atom is 0.256 e. The second-order valence-electron chi connectivity index (χ2n) is 3.64. The third kappa shape index (κ3) is 2.82. The minimum Gasteiger partial charge on any atom is -0.329 e. The van der Waals surface area contributed by atoms with Crippen molar-refractivity contribution in [3.63, 3.8) is 0 Å². The number of anilines is 1. The van der Waals surface area contributed by atoms with Crippen molar-refractivity contribution >= 4 is 11.6 Å². The van der Waals surface area contributed by atoms with Crippen LogP contribution >= 0.6 is 0 Å². The molecule has 19 heavy (non-hydrogen) atoms. The number of nitrogens with one attached hydrogen (secondary N) is 2. The van der Waals surface area contributed by atoms with Gasteiger partial charge in [0.15, 0.2) is 11.6 Å². The van der Waals surface area contributed by atoms with Crippen LogP contribution in [0.5, 0.6) is 0 Å². The summed E-state index contributed by atoms with van der Waals surface area (Å²) in [5, 5.41) is 1.94. The highest BCUT2D eigenvalue weighted by atomic mass is 19.1. The van der Waals surface area contributed by atoms with E-state index in [9.17, 15) is 22.8 Å². The van der Waals surface area contributed by atoms with Crippen LogP contribution in [0, 0.1) is 17.5 Å². The van der Waals surface area contributed by atoms with Crippen LogP contribution in [0.15, 0.2) is 35.3 Å². The van der Waals surface area contributed by atoms with Gasteiger partial charge in [0.05, 0.1) is 0 Å². The van der Waals surface area contributed by atoms with Crippen LogP contribution < -0.4 is 10.9 Å². The predicted molar refractivity (Wildman–Crippen MR) is 61.3 cm³/mol. The number of carbonyl (C=O) groups is 1. The molecule has 0 atom stereocenters. The average Bonchev–Trinajstić information content (AvgIpc) is 2.33. The van der Waals surface area contributed by atoms with Gasteiger partial charge >= 0.3 is 0 Å². The number of aromatic nitrogens is 1. The minimum absolute atomic E-state index is 0.0770. The van der Waals surface area contributed by atoms with E-state index in [1.807, 2.05) is 5.32 Å². The summed E-state index contributed by atoms with van der Waals surface area (Å²) in [7, 11) is 0. The molecule has 1 amide bonds. The molecule has 2 rings (SSSR count). The van der Waals surface area contributed by atoms with E-state index < -0.39 is 34.6 Å². The lowest BCUT2D eigenvalue weighted by molar-refractivity contribution is 0.102. The highest BCUT2D eigenvalue weighted by Crippen LogP contribution is 2.20. The Labute approximate surface area is 104 Å². The maximum absolute atomic E-state index is 13.3. The number of hydrogen-bond acceptors (Lipinski definition) is 2. The summed E-state index contributed by atoms with van der Waals surface area (Å²) in [4.78, 5) is 24.9. The van der Waals surface area contributed by atoms with Crippen molar-refractivity contribution in [2.45, 2.75) is 0 Å². The van der Waals surface area contributed by atoms with E-state index in [4.69, 9.17) is 0 Å². The number of amides is 1. The van der Waals surface area contributed by atoms with E-state index >= 15 is 0 Å². The van der Waals surface area contributed by atoms with Gasteiger partial charge in [-0.05, 0) is 6.07 Å². The first-order valence-electron chi connectivity index (χ1n) is 5.12. The van der Waals surface area contributed by atoms with Gasteiger partial charge in [-0.15, -0.1) is 0 Å². The lowest BCUT2D eigenvalue weighted by atomic mass is 10.2. The first-order valence-corrected chi connectivity index (χ1v) is 5.12. The largest absolute Gasteiger partial charge is 0.329 e. The number of benzene rings is 1. The van der Waals surface area contributed by atoms with Crippen molar-refractivity contribution in [1.82, 2.24) is 4.98 Å². The van der Waals surface area contributed by atoms with Gasteiger partial charge in [-0.2, -0.15) is 0 Å². The summed E-state index contributed by atoms with van der Waals surface area (Å²) in [6.45, 7) is 0. The van der Waals surface area contributed by atoms with Crippen molar-refractivity contribution in [3.05, 3.63) is 63.8 Å². The SMILES string of the molecule is O=C(Nc1c(F)cc(F)cc1F)c1cc[nH]c(=O)c1. The van der Waals surface area contributed by atoms with Crippen molar-refractivity contribution in [3.8, 4) is 0 Å². The molecule has 0 radical (unpaired) electrons. The molecular formula is C12H7F3N2O2. The molecule has 0 aliphatic rings. The topological polar surface area (TPSA) is 62.0 Å². The zero-order chi connectivity index (χ0) is 14.0. The summed E-state index contributed by atoms with van der Waals surface area (Å²) in [6, 6.07) is 3.11. The van der Waals surface area contributed by atoms with Gasteiger partial charge in [0.1, 0.15) is 11.5 Å². The monoisotopic (exact) mass is 268 g/mol. The Balaban J connectivity index is 2.32. The highest BCUT2D eigenvalue weighted by molar-refractivity contribution is 6.04. The molecule has 0 fully saturated rings. The van der Waals surface area contributed by atoms with Crippen molar-refractivity contribution in [2.24, 2.45) is 0 Å². The zero-order valence-electron chi connectivity index (χ0n) is 9.34. The highest BCUT2D eigenvalue weighted by Gasteiger charge is 2.15. The number of hydrogen-bond donors (Lipinski definition) is 2. The zero-order valence-corrected chi connectivity index (χ0v) is 9.34. The van der Waals surface area contributed by atoms with E-state index in [0.29, 0.717) is 12.1 Å². The third-order valence-corrected chi connectivity index (χ3v) is 2.28. The Morgan fingerprint density at radius 1 is 1.11 bits per heavy atom. The molecule has 2 aromatic rings. The van der Waals surface area contributed by atoms with Crippen LogP contribution in [-0.2, 0) is 0 Å². The number of aromatic amines is 1. The molecule has 0 aliphatic heterocycles. The smallest absolute Gasteiger partial charge is 0.256 e. The second kappa shape index (κ2) is 4.97. The molecule has 1 heterocycles. The molecule has 1 aromatic heterocycles. The number of halogens is 3. The van der Waals surface area contributed by atoms with Gasteiger partial charge in [0.2, 0.25) is 5.56 Å². The van der Waals surface area contributed by atoms with Crippen LogP contribution in [0.1, 0.15) is 10.4 Å². The molecule has 0 spiro atoms. The normalized spacial score (nSPS) is 10.3. The molecule has 0 unspecified atom stereocenters. The number of carbonyl (C=O) groups excluding carboxylic acids is 1. The van der Waals surface area contributed by atoms with Crippen molar-refractivity contribution in [1.29, 1.82) is 0 Å². The van der Waals surface area contributed by atoms with Crippen molar-refractivity contribution in [2.75, 3.05) is 5.32 Å². The van der Waals surface area contributed by atoms with E-state index in [0.717, 1.165) is 6.07 Å². The van der Waals surface area contributed by atoms with Crippen LogP contribution in [0.25, 0.3) is 0 Å². The second-order valence-corrected chi connectivity index (χ2v) is 3.64. The van der Waals surface area contributed by atoms with E-state index in [-0.39, 0.29) is 5.56 Å². The predicted octanol–water partition coefficient (Wildman–Crippen LogP) is 2.04. The van der Waals surface area contributed by atoms with Gasteiger partial charge in [0, 0.05) is 30.0 Å². The molecular weight excluding hydrogens is 261 g/mol. The van der Waals surface area contributed by atoms with Crippen LogP contribution in [0.4, 0.5) is 18.9 Å². The fourth-order valence-corrected chi connectivity index (χ4v) is 1.43. The molecule has 7 heteroatoms. The summed E-state index contributed by atoms with van der Waals surface area (Å²) in [5.41, 5.74) is -1.38. The summed E-state index contributed by atoms with van der Waals surface area (Å²) < 4.78 is 39.3. The fourth-order valence-electron chi connectivity index (χ4n) is 1.43. The van der Waals surface area contributed by atoms with Gasteiger partial charge in [-0.1, -0.05) is 0 Å². The molecule has 0 aliphatic carbocycles. The fraction of sp³-hybridized carbons (Fsp3) is 0. The molecule has 0 bridgehead atoms. The average molecular weight is 268 g/mol. The van der Waals surface area contributed by atoms with Crippen LogP contribution in [0.2, 0.25) is 0 Å². The summed E-state index contributed by atoms with van der Waals surface area (Å²) in [5.74, 6) is -4.45. The van der Waals surface area contributed by atoms with Crippen LogP contribution in [-0.4, -0.2) is 10.9 Å². The van der Waals surface area contributed by atoms with Crippen molar-refractivity contribution < 1.29 is 18.0 Å². The van der Waals surface area contributed by atoms with Gasteiger partial charge in [-0.25, -0.2) is 13.2 Å².